The lowest BCUT2D eigenvalue weighted by Crippen LogP contribution is -2.31. The summed E-state index contributed by atoms with van der Waals surface area (Å²) in [6.07, 6.45) is 3.25. The minimum absolute atomic E-state index is 0.541. The molecule has 0 atom stereocenters. The molecule has 0 amide bonds. The fourth-order valence-electron chi connectivity index (χ4n) is 2.41. The standard InChI is InChI=1S/C11H17NO2S/c13-11(14)10-7-12-4-1-9(10)8-2-5-15-6-3-8/h8,12H,1-7H2,(H,13,14). The molecule has 2 aliphatic heterocycles. The highest BCUT2D eigenvalue weighted by atomic mass is 32.2. The summed E-state index contributed by atoms with van der Waals surface area (Å²) in [5, 5.41) is 12.3. The van der Waals surface area contributed by atoms with E-state index in [9.17, 15) is 4.79 Å². The molecule has 0 aromatic rings. The van der Waals surface area contributed by atoms with Crippen LogP contribution >= 0.6 is 11.8 Å². The molecule has 1 saturated heterocycles. The zero-order valence-corrected chi connectivity index (χ0v) is 9.61. The first kappa shape index (κ1) is 11.0. The Bertz CT molecular complexity index is 282. The topological polar surface area (TPSA) is 49.3 Å². The Labute approximate surface area is 94.3 Å². The van der Waals surface area contributed by atoms with Crippen LogP contribution in [-0.4, -0.2) is 35.7 Å². The van der Waals surface area contributed by atoms with Crippen LogP contribution in [0, 0.1) is 5.92 Å². The van der Waals surface area contributed by atoms with Crippen molar-refractivity contribution in [3.8, 4) is 0 Å². The highest BCUT2D eigenvalue weighted by Crippen LogP contribution is 2.33. The van der Waals surface area contributed by atoms with Crippen LogP contribution < -0.4 is 5.32 Å². The number of rotatable bonds is 2. The maximum Gasteiger partial charge on any atom is 0.332 e. The van der Waals surface area contributed by atoms with Crippen LogP contribution in [-0.2, 0) is 4.79 Å². The fourth-order valence-corrected chi connectivity index (χ4v) is 3.52. The van der Waals surface area contributed by atoms with E-state index in [1.54, 1.807) is 0 Å². The van der Waals surface area contributed by atoms with Gasteiger partial charge in [0.1, 0.15) is 0 Å². The van der Waals surface area contributed by atoms with Crippen molar-refractivity contribution in [1.82, 2.24) is 5.32 Å². The van der Waals surface area contributed by atoms with Crippen LogP contribution in [0.4, 0.5) is 0 Å². The normalized spacial score (nSPS) is 24.3. The van der Waals surface area contributed by atoms with Crippen LogP contribution in [0.25, 0.3) is 0 Å². The summed E-state index contributed by atoms with van der Waals surface area (Å²) in [5.41, 5.74) is 1.86. The van der Waals surface area contributed by atoms with Gasteiger partial charge in [-0.25, -0.2) is 4.79 Å². The van der Waals surface area contributed by atoms with Crippen LogP contribution in [0.15, 0.2) is 11.1 Å². The number of aliphatic carboxylic acids is 1. The Morgan fingerprint density at radius 1 is 1.40 bits per heavy atom. The molecule has 0 bridgehead atoms. The second-order valence-corrected chi connectivity index (χ2v) is 5.35. The van der Waals surface area contributed by atoms with E-state index in [1.807, 2.05) is 11.8 Å². The maximum absolute atomic E-state index is 11.1. The molecule has 4 heteroatoms. The zero-order valence-electron chi connectivity index (χ0n) is 8.79. The van der Waals surface area contributed by atoms with Gasteiger partial charge in [-0.15, -0.1) is 0 Å². The third-order valence-corrected chi connectivity index (χ3v) is 4.28. The van der Waals surface area contributed by atoms with Gasteiger partial charge >= 0.3 is 5.97 Å². The van der Waals surface area contributed by atoms with Crippen molar-refractivity contribution in [3.05, 3.63) is 11.1 Å². The average Bonchev–Trinajstić information content (AvgIpc) is 2.30. The Morgan fingerprint density at radius 2 is 2.13 bits per heavy atom. The summed E-state index contributed by atoms with van der Waals surface area (Å²) in [4.78, 5) is 11.1. The monoisotopic (exact) mass is 227 g/mol. The van der Waals surface area contributed by atoms with Gasteiger partial charge in [0.05, 0.1) is 5.57 Å². The van der Waals surface area contributed by atoms with Gasteiger partial charge in [0.15, 0.2) is 0 Å². The zero-order chi connectivity index (χ0) is 10.7. The van der Waals surface area contributed by atoms with Gasteiger partial charge in [-0.05, 0) is 43.2 Å². The summed E-state index contributed by atoms with van der Waals surface area (Å²) in [7, 11) is 0. The van der Waals surface area contributed by atoms with Crippen molar-refractivity contribution in [1.29, 1.82) is 0 Å². The summed E-state index contributed by atoms with van der Waals surface area (Å²) in [6.45, 7) is 1.49. The van der Waals surface area contributed by atoms with E-state index < -0.39 is 5.97 Å². The molecule has 0 saturated carbocycles. The lowest BCUT2D eigenvalue weighted by Gasteiger charge is -2.29. The Balaban J connectivity index is 2.17. The smallest absolute Gasteiger partial charge is 0.332 e. The van der Waals surface area contributed by atoms with E-state index in [2.05, 4.69) is 5.32 Å². The molecule has 0 aromatic heterocycles. The molecule has 3 nitrogen and oxygen atoms in total. The Hall–Kier alpha value is -0.480. The molecule has 2 aliphatic rings. The molecule has 84 valence electrons. The van der Waals surface area contributed by atoms with E-state index in [-0.39, 0.29) is 0 Å². The van der Waals surface area contributed by atoms with E-state index in [4.69, 9.17) is 5.11 Å². The molecule has 15 heavy (non-hydrogen) atoms. The molecular weight excluding hydrogens is 210 g/mol. The summed E-state index contributed by atoms with van der Waals surface area (Å²) < 4.78 is 0. The molecule has 2 N–H and O–H groups in total. The first-order valence-electron chi connectivity index (χ1n) is 5.52. The highest BCUT2D eigenvalue weighted by Gasteiger charge is 2.25. The third-order valence-electron chi connectivity index (χ3n) is 3.23. The number of thioether (sulfide) groups is 1. The number of nitrogens with one attached hydrogen (secondary N) is 1. The first-order chi connectivity index (χ1) is 7.29. The highest BCUT2D eigenvalue weighted by molar-refractivity contribution is 7.99. The van der Waals surface area contributed by atoms with Crippen molar-refractivity contribution in [2.45, 2.75) is 19.3 Å². The summed E-state index contributed by atoms with van der Waals surface area (Å²) >= 11 is 1.99. The number of hydrogen-bond donors (Lipinski definition) is 2. The fraction of sp³-hybridized carbons (Fsp3) is 0.727. The predicted molar refractivity (Wildman–Crippen MR) is 62.2 cm³/mol. The maximum atomic E-state index is 11.1. The van der Waals surface area contributed by atoms with E-state index >= 15 is 0 Å². The van der Waals surface area contributed by atoms with E-state index in [1.165, 1.54) is 17.1 Å². The molecule has 1 fully saturated rings. The van der Waals surface area contributed by atoms with Gasteiger partial charge in [-0.3, -0.25) is 0 Å². The van der Waals surface area contributed by atoms with Crippen molar-refractivity contribution < 1.29 is 9.90 Å². The number of carboxylic acid groups (broad SMARTS) is 1. The lowest BCUT2D eigenvalue weighted by molar-refractivity contribution is -0.132. The minimum atomic E-state index is -0.726. The molecule has 2 heterocycles. The lowest BCUT2D eigenvalue weighted by atomic mass is 9.85. The van der Waals surface area contributed by atoms with Crippen LogP contribution in [0.2, 0.25) is 0 Å². The Kier molecular flexibility index (Phi) is 3.70. The summed E-state index contributed by atoms with van der Waals surface area (Å²) in [5.74, 6) is 2.19. The van der Waals surface area contributed by atoms with Gasteiger partial charge in [-0.2, -0.15) is 11.8 Å². The van der Waals surface area contributed by atoms with Crippen LogP contribution in [0.1, 0.15) is 19.3 Å². The minimum Gasteiger partial charge on any atom is -0.478 e. The van der Waals surface area contributed by atoms with Crippen molar-refractivity contribution >= 4 is 17.7 Å². The van der Waals surface area contributed by atoms with Crippen molar-refractivity contribution in [3.63, 3.8) is 0 Å². The van der Waals surface area contributed by atoms with Gasteiger partial charge in [-0.1, -0.05) is 5.57 Å². The van der Waals surface area contributed by atoms with Gasteiger partial charge in [0.25, 0.3) is 0 Å². The molecule has 2 rings (SSSR count). The predicted octanol–water partition coefficient (Wildman–Crippen LogP) is 1.50. The second-order valence-electron chi connectivity index (χ2n) is 4.12. The van der Waals surface area contributed by atoms with Gasteiger partial charge in [0.2, 0.25) is 0 Å². The molecule has 0 aromatic carbocycles. The number of carboxylic acids is 1. The first-order valence-corrected chi connectivity index (χ1v) is 6.68. The molecule has 0 radical (unpaired) electrons. The second kappa shape index (κ2) is 5.03. The van der Waals surface area contributed by atoms with Crippen LogP contribution in [0.3, 0.4) is 0 Å². The SMILES string of the molecule is O=C(O)C1=C(C2CCSCC2)CCNC1. The largest absolute Gasteiger partial charge is 0.478 e. The molecule has 0 spiro atoms. The molecule has 0 aliphatic carbocycles. The average molecular weight is 227 g/mol. The van der Waals surface area contributed by atoms with Crippen LogP contribution in [0.5, 0.6) is 0 Å². The summed E-state index contributed by atoms with van der Waals surface area (Å²) in [6, 6.07) is 0. The van der Waals surface area contributed by atoms with Crippen molar-refractivity contribution in [2.75, 3.05) is 24.6 Å². The van der Waals surface area contributed by atoms with E-state index in [0.29, 0.717) is 18.0 Å². The quantitative estimate of drug-likeness (QED) is 0.750. The van der Waals surface area contributed by atoms with Crippen molar-refractivity contribution in [2.24, 2.45) is 5.92 Å². The van der Waals surface area contributed by atoms with E-state index in [0.717, 1.165) is 25.8 Å². The Morgan fingerprint density at radius 3 is 2.80 bits per heavy atom. The molecular formula is C11H17NO2S. The number of hydrogen-bond acceptors (Lipinski definition) is 3. The van der Waals surface area contributed by atoms with Gasteiger partial charge < -0.3 is 10.4 Å². The molecule has 0 unspecified atom stereocenters. The van der Waals surface area contributed by atoms with Gasteiger partial charge in [0, 0.05) is 6.54 Å². The third kappa shape index (κ3) is 2.55. The number of carbonyl (C=O) groups is 1.